The summed E-state index contributed by atoms with van der Waals surface area (Å²) in [4.78, 5) is 0. The Morgan fingerprint density at radius 1 is 0.611 bits per heavy atom. The Kier molecular flexibility index (Phi) is 2.45. The summed E-state index contributed by atoms with van der Waals surface area (Å²) in [6, 6.07) is 17.6. The van der Waals surface area contributed by atoms with Crippen LogP contribution in [-0.4, -0.2) is 0 Å². The van der Waals surface area contributed by atoms with Gasteiger partial charge in [0.2, 0.25) is 0 Å². The predicted octanol–water partition coefficient (Wildman–Crippen LogP) is 5.70. The monoisotopic (exact) mass is 454 g/mol. The van der Waals surface area contributed by atoms with E-state index in [1.807, 2.05) is 0 Å². The van der Waals surface area contributed by atoms with Crippen LogP contribution < -0.4 is 0 Å². The van der Waals surface area contributed by atoms with Crippen molar-refractivity contribution < 1.29 is 0 Å². The van der Waals surface area contributed by atoms with Gasteiger partial charge in [0.1, 0.15) is 0 Å². The maximum atomic E-state index is 2.45. The van der Waals surface area contributed by atoms with Gasteiger partial charge in [-0.1, -0.05) is 36.4 Å². The van der Waals surface area contributed by atoms with Gasteiger partial charge in [0.05, 0.1) is 0 Å². The van der Waals surface area contributed by atoms with Gasteiger partial charge < -0.3 is 0 Å². The zero-order valence-electron chi connectivity index (χ0n) is 9.37. The van der Waals surface area contributed by atoms with E-state index in [-0.39, 0.29) is 0 Å². The van der Waals surface area contributed by atoms with E-state index in [0.29, 0.717) is 0 Å². The molecule has 0 saturated carbocycles. The second kappa shape index (κ2) is 3.93. The summed E-state index contributed by atoms with van der Waals surface area (Å²) in [6.45, 7) is 0. The summed E-state index contributed by atoms with van der Waals surface area (Å²) in [5.41, 5.74) is 5.60. The van der Waals surface area contributed by atoms with E-state index in [1.54, 1.807) is 0 Å². The van der Waals surface area contributed by atoms with Crippen molar-refractivity contribution in [2.45, 2.75) is 0 Å². The van der Waals surface area contributed by atoms with Crippen molar-refractivity contribution in [3.05, 3.63) is 55.7 Å². The molecule has 0 atom stereocenters. The van der Waals surface area contributed by atoms with E-state index in [0.717, 1.165) is 0 Å². The molecular weight excluding hydrogens is 446 g/mol. The van der Waals surface area contributed by atoms with Crippen molar-refractivity contribution in [1.82, 2.24) is 0 Å². The van der Waals surface area contributed by atoms with E-state index >= 15 is 0 Å². The van der Waals surface area contributed by atoms with Gasteiger partial charge in [-0.3, -0.25) is 0 Å². The summed E-state index contributed by atoms with van der Waals surface area (Å²) >= 11 is 4.89. The molecule has 1 aliphatic carbocycles. The highest BCUT2D eigenvalue weighted by molar-refractivity contribution is 14.1. The van der Waals surface area contributed by atoms with Gasteiger partial charge in [0, 0.05) is 18.3 Å². The Morgan fingerprint density at radius 2 is 1.11 bits per heavy atom. The summed E-state index contributed by atoms with van der Waals surface area (Å²) in [5, 5.41) is 2.75. The first-order chi connectivity index (χ1) is 8.77. The van der Waals surface area contributed by atoms with Gasteiger partial charge in [-0.25, -0.2) is 0 Å². The summed E-state index contributed by atoms with van der Waals surface area (Å²) in [6.07, 6.45) is 0. The largest absolute Gasteiger partial charge is 0.0610 e. The second-order valence-corrected chi connectivity index (χ2v) is 6.81. The molecule has 0 bridgehead atoms. The number of halogens is 2. The Morgan fingerprint density at radius 3 is 1.61 bits per heavy atom. The SMILES string of the molecule is Ic1ccc(I)c2c1-c1cccc3cccc-2c13. The van der Waals surface area contributed by atoms with Crippen LogP contribution in [0.1, 0.15) is 0 Å². The van der Waals surface area contributed by atoms with Gasteiger partial charge in [0.15, 0.2) is 0 Å². The maximum Gasteiger partial charge on any atom is 0.0216 e. The lowest BCUT2D eigenvalue weighted by atomic mass is 10.0. The minimum Gasteiger partial charge on any atom is -0.0610 e. The zero-order valence-corrected chi connectivity index (χ0v) is 13.7. The smallest absolute Gasteiger partial charge is 0.0216 e. The molecule has 0 fully saturated rings. The summed E-state index contributed by atoms with van der Waals surface area (Å²) in [5.74, 6) is 0. The van der Waals surface area contributed by atoms with E-state index in [2.05, 4.69) is 93.7 Å². The van der Waals surface area contributed by atoms with Crippen LogP contribution in [0, 0.1) is 7.14 Å². The molecule has 1 aliphatic rings. The van der Waals surface area contributed by atoms with Crippen LogP contribution in [0.5, 0.6) is 0 Å². The van der Waals surface area contributed by atoms with Crippen LogP contribution in [0.15, 0.2) is 48.5 Å². The first-order valence-corrected chi connectivity index (χ1v) is 7.93. The molecule has 0 saturated heterocycles. The third kappa shape index (κ3) is 1.36. The van der Waals surface area contributed by atoms with Crippen molar-refractivity contribution in [2.24, 2.45) is 0 Å². The average Bonchev–Trinajstić information content (AvgIpc) is 2.73. The molecule has 0 amide bonds. The van der Waals surface area contributed by atoms with Gasteiger partial charge in [0.25, 0.3) is 0 Å². The van der Waals surface area contributed by atoms with E-state index in [4.69, 9.17) is 0 Å². The molecule has 86 valence electrons. The lowest BCUT2D eigenvalue weighted by Crippen LogP contribution is -1.85. The van der Waals surface area contributed by atoms with Crippen molar-refractivity contribution in [2.75, 3.05) is 0 Å². The van der Waals surface area contributed by atoms with Gasteiger partial charge in [-0.2, -0.15) is 0 Å². The quantitative estimate of drug-likeness (QED) is 0.300. The van der Waals surface area contributed by atoms with E-state index in [9.17, 15) is 0 Å². The number of rotatable bonds is 0. The molecular formula is C16H8I2. The zero-order chi connectivity index (χ0) is 12.3. The second-order valence-electron chi connectivity index (χ2n) is 4.49. The lowest BCUT2D eigenvalue weighted by Gasteiger charge is -2.06. The molecule has 2 heteroatoms. The normalized spacial score (nSPS) is 11.9. The van der Waals surface area contributed by atoms with E-state index in [1.165, 1.54) is 40.2 Å². The highest BCUT2D eigenvalue weighted by Gasteiger charge is 2.24. The summed E-state index contributed by atoms with van der Waals surface area (Å²) in [7, 11) is 0. The molecule has 0 radical (unpaired) electrons. The Labute approximate surface area is 133 Å². The molecule has 0 aliphatic heterocycles. The van der Waals surface area contributed by atoms with Crippen molar-refractivity contribution in [1.29, 1.82) is 0 Å². The minimum absolute atomic E-state index is 1.34. The van der Waals surface area contributed by atoms with Crippen molar-refractivity contribution in [3.63, 3.8) is 0 Å². The first-order valence-electron chi connectivity index (χ1n) is 5.78. The fourth-order valence-electron chi connectivity index (χ4n) is 2.84. The van der Waals surface area contributed by atoms with Crippen molar-refractivity contribution in [3.8, 4) is 22.3 Å². The molecule has 0 heterocycles. The number of fused-ring (bicyclic) bond motifs is 3. The first kappa shape index (κ1) is 11.2. The van der Waals surface area contributed by atoms with Crippen LogP contribution in [-0.2, 0) is 0 Å². The van der Waals surface area contributed by atoms with Crippen molar-refractivity contribution >= 4 is 56.0 Å². The maximum absolute atomic E-state index is 2.45. The molecule has 0 aromatic heterocycles. The molecule has 0 spiro atoms. The Hall–Kier alpha value is -0.620. The standard InChI is InChI=1S/C16H8I2/c17-12-7-8-13(18)16-11-6-2-4-9-3-1-5-10(14(9)11)15(12)16/h1-8H. The number of benzene rings is 3. The van der Waals surface area contributed by atoms with Crippen LogP contribution in [0.25, 0.3) is 33.0 Å². The molecule has 3 aromatic rings. The molecule has 0 unspecified atom stereocenters. The van der Waals surface area contributed by atoms with Gasteiger partial charge in [-0.05, 0) is 79.2 Å². The van der Waals surface area contributed by atoms with Crippen LogP contribution in [0.3, 0.4) is 0 Å². The molecule has 4 rings (SSSR count). The average molecular weight is 454 g/mol. The molecule has 0 nitrogen and oxygen atoms in total. The highest BCUT2D eigenvalue weighted by atomic mass is 127. The number of hydrogen-bond donors (Lipinski definition) is 0. The Bertz CT molecular complexity index is 740. The Balaban J connectivity index is 2.31. The van der Waals surface area contributed by atoms with E-state index < -0.39 is 0 Å². The fourth-order valence-corrected chi connectivity index (χ4v) is 4.32. The third-order valence-corrected chi connectivity index (χ3v) is 5.34. The lowest BCUT2D eigenvalue weighted by molar-refractivity contribution is 1.60. The number of hydrogen-bond acceptors (Lipinski definition) is 0. The minimum atomic E-state index is 1.34. The summed E-state index contributed by atoms with van der Waals surface area (Å²) < 4.78 is 2.68. The molecule has 0 N–H and O–H groups in total. The topological polar surface area (TPSA) is 0 Å². The fraction of sp³-hybridized carbons (Fsp3) is 0. The molecule has 3 aromatic carbocycles. The third-order valence-electron chi connectivity index (χ3n) is 3.55. The van der Waals surface area contributed by atoms with Gasteiger partial charge >= 0.3 is 0 Å². The van der Waals surface area contributed by atoms with Gasteiger partial charge in [-0.15, -0.1) is 0 Å². The van der Waals surface area contributed by atoms with Crippen LogP contribution in [0.4, 0.5) is 0 Å². The van der Waals surface area contributed by atoms with Crippen LogP contribution in [0.2, 0.25) is 0 Å². The predicted molar refractivity (Wildman–Crippen MR) is 93.8 cm³/mol. The highest BCUT2D eigenvalue weighted by Crippen LogP contribution is 2.50. The van der Waals surface area contributed by atoms with Crippen LogP contribution >= 0.6 is 45.2 Å². The molecule has 18 heavy (non-hydrogen) atoms.